The molecule has 1 aromatic heterocycles. The van der Waals surface area contributed by atoms with Gasteiger partial charge in [0.1, 0.15) is 17.8 Å². The number of hydrogen-bond donors (Lipinski definition) is 0. The van der Waals surface area contributed by atoms with Gasteiger partial charge in [-0.1, -0.05) is 20.8 Å². The lowest BCUT2D eigenvalue weighted by Crippen LogP contribution is -2.46. The summed E-state index contributed by atoms with van der Waals surface area (Å²) in [6.07, 6.45) is 3.44. The summed E-state index contributed by atoms with van der Waals surface area (Å²) >= 11 is 0. The minimum absolute atomic E-state index is 0.0181. The maximum absolute atomic E-state index is 12.7. The quantitative estimate of drug-likeness (QED) is 0.768. The fraction of sp³-hybridized carbons (Fsp3) is 0.706. The summed E-state index contributed by atoms with van der Waals surface area (Å²) in [4.78, 5) is 27.8. The monoisotopic (exact) mass is 319 g/mol. The van der Waals surface area contributed by atoms with Gasteiger partial charge in [-0.2, -0.15) is 0 Å². The molecule has 1 aromatic rings. The fourth-order valence-corrected chi connectivity index (χ4v) is 2.95. The number of rotatable bonds is 7. The van der Waals surface area contributed by atoms with Gasteiger partial charge in [-0.05, 0) is 19.4 Å². The lowest BCUT2D eigenvalue weighted by atomic mass is 10.2. The van der Waals surface area contributed by atoms with Crippen molar-refractivity contribution in [3.63, 3.8) is 0 Å². The molecule has 6 heteroatoms. The number of likely N-dealkylation sites (N-methyl/N-ethyl adjacent to an activating group) is 1. The zero-order valence-corrected chi connectivity index (χ0v) is 14.7. The highest BCUT2D eigenvalue weighted by Gasteiger charge is 2.20. The van der Waals surface area contributed by atoms with Crippen molar-refractivity contribution in [3.05, 3.63) is 18.1 Å². The third kappa shape index (κ3) is 4.64. The van der Waals surface area contributed by atoms with E-state index in [1.807, 2.05) is 11.0 Å². The second-order valence-electron chi connectivity index (χ2n) is 5.97. The standard InChI is InChI=1S/C17H29N5O/c1-4-7-22(8-5-2)17(23)15-13-16(19-14-18-15)21-11-9-20(6-3)10-12-21/h13-14H,4-12H2,1-3H3. The first kappa shape index (κ1) is 17.7. The van der Waals surface area contributed by atoms with E-state index in [1.165, 1.54) is 6.33 Å². The predicted molar refractivity (Wildman–Crippen MR) is 92.8 cm³/mol. The van der Waals surface area contributed by atoms with E-state index in [9.17, 15) is 4.79 Å². The first-order valence-corrected chi connectivity index (χ1v) is 8.78. The van der Waals surface area contributed by atoms with Crippen LogP contribution < -0.4 is 4.90 Å². The van der Waals surface area contributed by atoms with Gasteiger partial charge in [0.2, 0.25) is 0 Å². The molecule has 1 aliphatic rings. The Morgan fingerprint density at radius 2 is 1.74 bits per heavy atom. The van der Waals surface area contributed by atoms with Gasteiger partial charge < -0.3 is 14.7 Å². The normalized spacial score (nSPS) is 15.7. The van der Waals surface area contributed by atoms with Gasteiger partial charge in [0.25, 0.3) is 5.91 Å². The van der Waals surface area contributed by atoms with Gasteiger partial charge in [0.05, 0.1) is 0 Å². The molecule has 0 atom stereocenters. The Morgan fingerprint density at radius 3 is 2.30 bits per heavy atom. The second kappa shape index (κ2) is 8.82. The molecule has 1 aliphatic heterocycles. The Labute approximate surface area is 139 Å². The number of aromatic nitrogens is 2. The molecule has 0 saturated carbocycles. The summed E-state index contributed by atoms with van der Waals surface area (Å²) in [6, 6.07) is 1.85. The van der Waals surface area contributed by atoms with Crippen LogP contribution in [0.15, 0.2) is 12.4 Å². The smallest absolute Gasteiger partial charge is 0.272 e. The van der Waals surface area contributed by atoms with Gasteiger partial charge in [0.15, 0.2) is 0 Å². The van der Waals surface area contributed by atoms with E-state index in [0.29, 0.717) is 5.69 Å². The molecule has 1 fully saturated rings. The average molecular weight is 319 g/mol. The number of anilines is 1. The minimum Gasteiger partial charge on any atom is -0.354 e. The SMILES string of the molecule is CCCN(CCC)C(=O)c1cc(N2CCN(CC)CC2)ncn1. The van der Waals surface area contributed by atoms with Gasteiger partial charge in [-0.15, -0.1) is 0 Å². The van der Waals surface area contributed by atoms with Crippen molar-refractivity contribution in [2.24, 2.45) is 0 Å². The first-order valence-electron chi connectivity index (χ1n) is 8.78. The van der Waals surface area contributed by atoms with Crippen LogP contribution in [0.5, 0.6) is 0 Å². The lowest BCUT2D eigenvalue weighted by molar-refractivity contribution is 0.0749. The molecule has 0 unspecified atom stereocenters. The van der Waals surface area contributed by atoms with Crippen molar-refractivity contribution in [2.45, 2.75) is 33.6 Å². The molecule has 0 radical (unpaired) electrons. The van der Waals surface area contributed by atoms with Crippen LogP contribution in [0.2, 0.25) is 0 Å². The van der Waals surface area contributed by atoms with Crippen molar-refractivity contribution in [2.75, 3.05) is 50.7 Å². The molecular formula is C17H29N5O. The molecule has 2 heterocycles. The third-order valence-corrected chi connectivity index (χ3v) is 4.29. The van der Waals surface area contributed by atoms with Crippen LogP contribution in [-0.2, 0) is 0 Å². The number of carbonyl (C=O) groups is 1. The molecule has 1 saturated heterocycles. The molecule has 23 heavy (non-hydrogen) atoms. The zero-order valence-electron chi connectivity index (χ0n) is 14.7. The minimum atomic E-state index is 0.0181. The maximum Gasteiger partial charge on any atom is 0.272 e. The van der Waals surface area contributed by atoms with Crippen LogP contribution in [0.3, 0.4) is 0 Å². The van der Waals surface area contributed by atoms with E-state index >= 15 is 0 Å². The van der Waals surface area contributed by atoms with E-state index in [-0.39, 0.29) is 5.91 Å². The molecule has 0 N–H and O–H groups in total. The molecule has 0 bridgehead atoms. The molecular weight excluding hydrogens is 290 g/mol. The summed E-state index contributed by atoms with van der Waals surface area (Å²) in [7, 11) is 0. The van der Waals surface area contributed by atoms with E-state index in [0.717, 1.165) is 64.5 Å². The molecule has 128 valence electrons. The Morgan fingerprint density at radius 1 is 1.09 bits per heavy atom. The van der Waals surface area contributed by atoms with Crippen molar-refractivity contribution < 1.29 is 4.79 Å². The largest absolute Gasteiger partial charge is 0.354 e. The molecule has 6 nitrogen and oxygen atoms in total. The number of hydrogen-bond acceptors (Lipinski definition) is 5. The number of nitrogens with zero attached hydrogens (tertiary/aromatic N) is 5. The third-order valence-electron chi connectivity index (χ3n) is 4.29. The van der Waals surface area contributed by atoms with Crippen LogP contribution in [0.1, 0.15) is 44.1 Å². The van der Waals surface area contributed by atoms with Crippen molar-refractivity contribution >= 4 is 11.7 Å². The molecule has 0 spiro atoms. The molecule has 1 amide bonds. The first-order chi connectivity index (χ1) is 11.2. The molecule has 0 aromatic carbocycles. The van der Waals surface area contributed by atoms with Crippen LogP contribution in [0.25, 0.3) is 0 Å². The van der Waals surface area contributed by atoms with Crippen molar-refractivity contribution in [1.82, 2.24) is 19.8 Å². The Balaban J connectivity index is 2.08. The van der Waals surface area contributed by atoms with Crippen molar-refractivity contribution in [3.8, 4) is 0 Å². The summed E-state index contributed by atoms with van der Waals surface area (Å²) in [5, 5.41) is 0. The van der Waals surface area contributed by atoms with Crippen molar-refractivity contribution in [1.29, 1.82) is 0 Å². The summed E-state index contributed by atoms with van der Waals surface area (Å²) in [5.41, 5.74) is 0.509. The zero-order chi connectivity index (χ0) is 16.7. The molecule has 0 aliphatic carbocycles. The lowest BCUT2D eigenvalue weighted by Gasteiger charge is -2.34. The van der Waals surface area contributed by atoms with Gasteiger partial charge in [-0.25, -0.2) is 9.97 Å². The Kier molecular flexibility index (Phi) is 6.77. The highest BCUT2D eigenvalue weighted by atomic mass is 16.2. The van der Waals surface area contributed by atoms with Crippen LogP contribution in [0, 0.1) is 0 Å². The highest BCUT2D eigenvalue weighted by molar-refractivity contribution is 5.92. The maximum atomic E-state index is 12.7. The topological polar surface area (TPSA) is 52.6 Å². The number of carbonyl (C=O) groups excluding carboxylic acids is 1. The highest BCUT2D eigenvalue weighted by Crippen LogP contribution is 2.15. The van der Waals surface area contributed by atoms with Gasteiger partial charge in [-0.3, -0.25) is 4.79 Å². The van der Waals surface area contributed by atoms with Crippen LogP contribution >= 0.6 is 0 Å². The number of amides is 1. The summed E-state index contributed by atoms with van der Waals surface area (Å²) in [5.74, 6) is 0.886. The Bertz CT molecular complexity index is 494. The fourth-order valence-electron chi connectivity index (χ4n) is 2.95. The molecule has 2 rings (SSSR count). The van der Waals surface area contributed by atoms with E-state index in [4.69, 9.17) is 0 Å². The predicted octanol–water partition coefficient (Wildman–Crippen LogP) is 1.88. The number of piperazine rings is 1. The van der Waals surface area contributed by atoms with Crippen LogP contribution in [0.4, 0.5) is 5.82 Å². The average Bonchev–Trinajstić information content (AvgIpc) is 2.61. The van der Waals surface area contributed by atoms with Crippen LogP contribution in [-0.4, -0.2) is 71.5 Å². The van der Waals surface area contributed by atoms with E-state index in [1.54, 1.807) is 0 Å². The van der Waals surface area contributed by atoms with Gasteiger partial charge >= 0.3 is 0 Å². The summed E-state index contributed by atoms with van der Waals surface area (Å²) in [6.45, 7) is 13.0. The van der Waals surface area contributed by atoms with E-state index in [2.05, 4.69) is 40.5 Å². The van der Waals surface area contributed by atoms with E-state index < -0.39 is 0 Å². The second-order valence-corrected chi connectivity index (χ2v) is 5.97. The summed E-state index contributed by atoms with van der Waals surface area (Å²) < 4.78 is 0. The van der Waals surface area contributed by atoms with Gasteiger partial charge in [0, 0.05) is 45.3 Å². The Hall–Kier alpha value is -1.69.